The number of nitrogens with zero attached hydrogens (tertiary/aromatic N) is 3. The van der Waals surface area contributed by atoms with Crippen molar-refractivity contribution in [2.24, 2.45) is 0 Å². The molecule has 1 aliphatic rings. The molecule has 1 unspecified atom stereocenters. The molecule has 18 heavy (non-hydrogen) atoms. The fourth-order valence-corrected chi connectivity index (χ4v) is 3.50. The topological polar surface area (TPSA) is 31.4 Å². The summed E-state index contributed by atoms with van der Waals surface area (Å²) in [6, 6.07) is 0.612. The molecule has 0 bridgehead atoms. The van der Waals surface area contributed by atoms with Gasteiger partial charge in [-0.25, -0.2) is 4.98 Å². The maximum atomic E-state index is 4.82. The second-order valence-electron chi connectivity index (χ2n) is 5.03. The monoisotopic (exact) mass is 268 g/mol. The predicted molar refractivity (Wildman–Crippen MR) is 78.6 cm³/mol. The van der Waals surface area contributed by atoms with Crippen LogP contribution in [-0.2, 0) is 13.0 Å². The highest BCUT2D eigenvalue weighted by Gasteiger charge is 2.23. The van der Waals surface area contributed by atoms with Gasteiger partial charge in [0.15, 0.2) is 5.13 Å². The van der Waals surface area contributed by atoms with Crippen LogP contribution in [0.5, 0.6) is 0 Å². The molecule has 1 aromatic heterocycles. The van der Waals surface area contributed by atoms with Gasteiger partial charge in [-0.3, -0.25) is 0 Å². The van der Waals surface area contributed by atoms with Gasteiger partial charge in [0.2, 0.25) is 0 Å². The van der Waals surface area contributed by atoms with Crippen molar-refractivity contribution in [2.75, 3.05) is 38.6 Å². The van der Waals surface area contributed by atoms with Crippen molar-refractivity contribution in [1.82, 2.24) is 15.2 Å². The summed E-state index contributed by atoms with van der Waals surface area (Å²) >= 11 is 1.85. The lowest BCUT2D eigenvalue weighted by Crippen LogP contribution is -2.50. The number of aromatic nitrogens is 1. The van der Waals surface area contributed by atoms with Crippen LogP contribution in [0.25, 0.3) is 0 Å². The standard InChI is InChI=1S/C13H24N4S/c1-5-11-12(8-14-3)18-13(15-11)17-7-6-16(4)10(2)9-17/h10,14H,5-9H2,1-4H3. The summed E-state index contributed by atoms with van der Waals surface area (Å²) in [6.07, 6.45) is 1.02. The van der Waals surface area contributed by atoms with E-state index in [1.165, 1.54) is 15.7 Å². The minimum atomic E-state index is 0.612. The van der Waals surface area contributed by atoms with Gasteiger partial charge in [-0.15, -0.1) is 11.3 Å². The van der Waals surface area contributed by atoms with Crippen molar-refractivity contribution in [3.8, 4) is 0 Å². The zero-order valence-corrected chi connectivity index (χ0v) is 12.7. The highest BCUT2D eigenvalue weighted by Crippen LogP contribution is 2.28. The van der Waals surface area contributed by atoms with Gasteiger partial charge >= 0.3 is 0 Å². The number of aryl methyl sites for hydroxylation is 1. The quantitative estimate of drug-likeness (QED) is 0.898. The van der Waals surface area contributed by atoms with Gasteiger partial charge in [0, 0.05) is 37.1 Å². The van der Waals surface area contributed by atoms with E-state index in [-0.39, 0.29) is 0 Å². The number of hydrogen-bond donors (Lipinski definition) is 1. The Kier molecular flexibility index (Phi) is 4.59. The fourth-order valence-electron chi connectivity index (χ4n) is 2.30. The van der Waals surface area contributed by atoms with E-state index >= 15 is 0 Å². The van der Waals surface area contributed by atoms with Gasteiger partial charge in [0.25, 0.3) is 0 Å². The molecule has 5 heteroatoms. The molecule has 0 saturated carbocycles. The van der Waals surface area contributed by atoms with Crippen LogP contribution in [0.4, 0.5) is 5.13 Å². The van der Waals surface area contributed by atoms with Crippen LogP contribution in [0, 0.1) is 0 Å². The molecule has 0 aliphatic carbocycles. The molecule has 4 nitrogen and oxygen atoms in total. The van der Waals surface area contributed by atoms with E-state index in [0.29, 0.717) is 6.04 Å². The van der Waals surface area contributed by atoms with Crippen molar-refractivity contribution in [3.63, 3.8) is 0 Å². The van der Waals surface area contributed by atoms with Crippen LogP contribution in [0.2, 0.25) is 0 Å². The van der Waals surface area contributed by atoms with Crippen LogP contribution in [-0.4, -0.2) is 49.7 Å². The molecule has 1 aliphatic heterocycles. The van der Waals surface area contributed by atoms with Crippen LogP contribution in [0.15, 0.2) is 0 Å². The van der Waals surface area contributed by atoms with Gasteiger partial charge in [0.1, 0.15) is 0 Å². The first-order valence-corrected chi connectivity index (χ1v) is 7.55. The van der Waals surface area contributed by atoms with Crippen molar-refractivity contribution in [1.29, 1.82) is 0 Å². The zero-order chi connectivity index (χ0) is 13.1. The molecule has 1 atom stereocenters. The Morgan fingerprint density at radius 1 is 1.44 bits per heavy atom. The number of hydrogen-bond acceptors (Lipinski definition) is 5. The lowest BCUT2D eigenvalue weighted by atomic mass is 10.2. The zero-order valence-electron chi connectivity index (χ0n) is 11.9. The van der Waals surface area contributed by atoms with Crippen molar-refractivity contribution < 1.29 is 0 Å². The van der Waals surface area contributed by atoms with Gasteiger partial charge in [-0.05, 0) is 27.4 Å². The maximum Gasteiger partial charge on any atom is 0.185 e. The van der Waals surface area contributed by atoms with Crippen molar-refractivity contribution in [3.05, 3.63) is 10.6 Å². The summed E-state index contributed by atoms with van der Waals surface area (Å²) in [5.41, 5.74) is 1.26. The van der Waals surface area contributed by atoms with Crippen LogP contribution in [0.3, 0.4) is 0 Å². The molecular weight excluding hydrogens is 244 g/mol. The summed E-state index contributed by atoms with van der Waals surface area (Å²) < 4.78 is 0. The van der Waals surface area contributed by atoms with E-state index in [1.807, 2.05) is 18.4 Å². The second kappa shape index (κ2) is 5.99. The van der Waals surface area contributed by atoms with Gasteiger partial charge in [-0.1, -0.05) is 6.92 Å². The molecule has 0 spiro atoms. The molecule has 1 N–H and O–H groups in total. The van der Waals surface area contributed by atoms with E-state index in [2.05, 4.69) is 36.0 Å². The SMILES string of the molecule is CCc1nc(N2CCN(C)C(C)C2)sc1CNC. The number of anilines is 1. The summed E-state index contributed by atoms with van der Waals surface area (Å²) in [5.74, 6) is 0. The van der Waals surface area contributed by atoms with Crippen LogP contribution >= 0.6 is 11.3 Å². The predicted octanol–water partition coefficient (Wildman–Crippen LogP) is 1.57. The Labute approximate surface area is 114 Å². The Hall–Kier alpha value is -0.650. The number of nitrogens with one attached hydrogen (secondary N) is 1. The van der Waals surface area contributed by atoms with E-state index in [9.17, 15) is 0 Å². The summed E-state index contributed by atoms with van der Waals surface area (Å²) in [4.78, 5) is 11.1. The maximum absolute atomic E-state index is 4.82. The molecule has 2 heterocycles. The third-order valence-corrected chi connectivity index (χ3v) is 4.83. The third kappa shape index (κ3) is 2.84. The molecule has 102 valence electrons. The smallest absolute Gasteiger partial charge is 0.185 e. The van der Waals surface area contributed by atoms with E-state index in [0.717, 1.165) is 32.6 Å². The van der Waals surface area contributed by atoms with Crippen LogP contribution in [0.1, 0.15) is 24.4 Å². The van der Waals surface area contributed by atoms with Gasteiger partial charge < -0.3 is 15.1 Å². The Bertz CT molecular complexity index is 390. The Morgan fingerprint density at radius 3 is 2.83 bits per heavy atom. The first kappa shape index (κ1) is 13.8. The summed E-state index contributed by atoms with van der Waals surface area (Å²) in [7, 11) is 4.20. The first-order valence-electron chi connectivity index (χ1n) is 6.74. The van der Waals surface area contributed by atoms with Gasteiger partial charge in [0.05, 0.1) is 5.69 Å². The number of piperazine rings is 1. The number of rotatable bonds is 4. The number of likely N-dealkylation sites (N-methyl/N-ethyl adjacent to an activating group) is 1. The van der Waals surface area contributed by atoms with Gasteiger partial charge in [-0.2, -0.15) is 0 Å². The molecule has 0 aromatic carbocycles. The Balaban J connectivity index is 2.13. The second-order valence-corrected chi connectivity index (χ2v) is 6.09. The minimum absolute atomic E-state index is 0.612. The number of thiazole rings is 1. The fraction of sp³-hybridized carbons (Fsp3) is 0.769. The third-order valence-electron chi connectivity index (χ3n) is 3.67. The Morgan fingerprint density at radius 2 is 2.22 bits per heavy atom. The molecule has 2 rings (SSSR count). The normalized spacial score (nSPS) is 21.6. The average Bonchev–Trinajstić information content (AvgIpc) is 2.76. The molecule has 1 saturated heterocycles. The first-order chi connectivity index (χ1) is 8.65. The molecule has 0 radical (unpaired) electrons. The van der Waals surface area contributed by atoms with E-state index in [4.69, 9.17) is 4.98 Å². The summed E-state index contributed by atoms with van der Waals surface area (Å²) in [6.45, 7) is 8.72. The minimum Gasteiger partial charge on any atom is -0.345 e. The molecular formula is C13H24N4S. The van der Waals surface area contributed by atoms with Crippen LogP contribution < -0.4 is 10.2 Å². The molecule has 1 fully saturated rings. The summed E-state index contributed by atoms with van der Waals surface area (Å²) in [5, 5.41) is 4.44. The largest absolute Gasteiger partial charge is 0.345 e. The molecule has 1 aromatic rings. The highest BCUT2D eigenvalue weighted by atomic mass is 32.1. The lowest BCUT2D eigenvalue weighted by molar-refractivity contribution is 0.234. The van der Waals surface area contributed by atoms with Crippen molar-refractivity contribution >= 4 is 16.5 Å². The van der Waals surface area contributed by atoms with E-state index in [1.54, 1.807) is 0 Å². The van der Waals surface area contributed by atoms with E-state index < -0.39 is 0 Å². The highest BCUT2D eigenvalue weighted by molar-refractivity contribution is 7.15. The average molecular weight is 268 g/mol. The lowest BCUT2D eigenvalue weighted by Gasteiger charge is -2.37. The van der Waals surface area contributed by atoms with Crippen molar-refractivity contribution in [2.45, 2.75) is 32.9 Å². The molecule has 0 amide bonds.